The number of rotatable bonds is 6. The molecule has 1 saturated carbocycles. The van der Waals surface area contributed by atoms with E-state index in [0.717, 1.165) is 31.2 Å². The fraction of sp³-hybridized carbons (Fsp3) is 0.217. The smallest absolute Gasteiger partial charge is 0.296 e. The maximum atomic E-state index is 12.6. The van der Waals surface area contributed by atoms with Crippen molar-refractivity contribution in [3.63, 3.8) is 0 Å². The van der Waals surface area contributed by atoms with Crippen LogP contribution in [0.4, 0.5) is 5.69 Å². The zero-order chi connectivity index (χ0) is 22.8. The number of Topliss-reactive ketones (excluding diaryl/α,β-unsaturated/α-hetero) is 1. The van der Waals surface area contributed by atoms with E-state index in [0.29, 0.717) is 22.3 Å². The van der Waals surface area contributed by atoms with Crippen molar-refractivity contribution in [1.82, 2.24) is 30.5 Å². The van der Waals surface area contributed by atoms with E-state index in [1.54, 1.807) is 30.3 Å². The fourth-order valence-corrected chi connectivity index (χ4v) is 3.98. The van der Waals surface area contributed by atoms with Gasteiger partial charge in [0.05, 0.1) is 11.3 Å². The molecule has 1 aliphatic carbocycles. The number of nitrogens with one attached hydrogen (secondary N) is 3. The molecule has 0 aliphatic heterocycles. The van der Waals surface area contributed by atoms with Gasteiger partial charge in [0, 0.05) is 28.8 Å². The summed E-state index contributed by atoms with van der Waals surface area (Å²) in [5.74, 6) is -1.71. The van der Waals surface area contributed by atoms with Crippen LogP contribution < -0.4 is 10.6 Å². The standard InChI is InChI=1S/C23H21N7O3/c31-20(18-13-24-19-8-4-3-7-17(18)19)22(32)25-15-9-11-16(12-10-15)30-28-21(27-29-30)23(33)26-14-5-1-2-6-14/h3-4,7-14,24H,1-2,5-6H2,(H,25,32)(H,26,33). The van der Waals surface area contributed by atoms with Crippen LogP contribution in [0.1, 0.15) is 46.7 Å². The summed E-state index contributed by atoms with van der Waals surface area (Å²) >= 11 is 0. The lowest BCUT2D eigenvalue weighted by atomic mass is 10.1. The van der Waals surface area contributed by atoms with Gasteiger partial charge >= 0.3 is 0 Å². The van der Waals surface area contributed by atoms with E-state index in [1.165, 1.54) is 11.0 Å². The molecule has 2 heterocycles. The summed E-state index contributed by atoms with van der Waals surface area (Å²) in [6.45, 7) is 0. The van der Waals surface area contributed by atoms with Gasteiger partial charge in [-0.3, -0.25) is 14.4 Å². The number of para-hydroxylation sites is 1. The number of H-pyrrole nitrogens is 1. The number of fused-ring (bicyclic) bond motifs is 1. The van der Waals surface area contributed by atoms with E-state index < -0.39 is 11.7 Å². The fourth-order valence-electron chi connectivity index (χ4n) is 3.98. The van der Waals surface area contributed by atoms with Gasteiger partial charge in [0.2, 0.25) is 0 Å². The highest BCUT2D eigenvalue weighted by Gasteiger charge is 2.22. The summed E-state index contributed by atoms with van der Waals surface area (Å²) in [7, 11) is 0. The van der Waals surface area contributed by atoms with Gasteiger partial charge in [0.15, 0.2) is 0 Å². The predicted octanol–water partition coefficient (Wildman–Crippen LogP) is 2.64. The van der Waals surface area contributed by atoms with Gasteiger partial charge in [0.25, 0.3) is 23.4 Å². The molecule has 33 heavy (non-hydrogen) atoms. The van der Waals surface area contributed by atoms with Crippen LogP contribution in [0.25, 0.3) is 16.6 Å². The van der Waals surface area contributed by atoms with Crippen molar-refractivity contribution in [2.24, 2.45) is 0 Å². The largest absolute Gasteiger partial charge is 0.360 e. The number of carbonyl (C=O) groups excluding carboxylic acids is 3. The number of hydrogen-bond donors (Lipinski definition) is 3. The Morgan fingerprint density at radius 3 is 2.55 bits per heavy atom. The average Bonchev–Trinajstić information content (AvgIpc) is 3.60. The molecule has 2 aromatic carbocycles. The highest BCUT2D eigenvalue weighted by Crippen LogP contribution is 2.20. The van der Waals surface area contributed by atoms with Crippen molar-refractivity contribution in [2.45, 2.75) is 31.7 Å². The number of nitrogens with zero attached hydrogens (tertiary/aromatic N) is 4. The van der Waals surface area contributed by atoms with Crippen LogP contribution >= 0.6 is 0 Å². The SMILES string of the molecule is O=C(Nc1ccc(-n2nnc(C(=O)NC3CCCC3)n2)cc1)C(=O)c1c[nH]c2ccccc12. The van der Waals surface area contributed by atoms with Crippen molar-refractivity contribution in [2.75, 3.05) is 5.32 Å². The van der Waals surface area contributed by atoms with Crippen LogP contribution in [0.2, 0.25) is 0 Å². The summed E-state index contributed by atoms with van der Waals surface area (Å²) in [6.07, 6.45) is 5.70. The molecule has 10 nitrogen and oxygen atoms in total. The number of ketones is 1. The molecule has 4 aromatic rings. The van der Waals surface area contributed by atoms with Crippen LogP contribution in [0.15, 0.2) is 54.7 Å². The zero-order valence-corrected chi connectivity index (χ0v) is 17.6. The van der Waals surface area contributed by atoms with Gasteiger partial charge < -0.3 is 15.6 Å². The summed E-state index contributed by atoms with van der Waals surface area (Å²) in [5.41, 5.74) is 2.10. The first-order valence-corrected chi connectivity index (χ1v) is 10.7. The first kappa shape index (κ1) is 20.6. The molecular formula is C23H21N7O3. The van der Waals surface area contributed by atoms with E-state index >= 15 is 0 Å². The molecule has 10 heteroatoms. The normalized spacial score (nSPS) is 13.8. The average molecular weight is 443 g/mol. The Bertz CT molecular complexity index is 1330. The lowest BCUT2D eigenvalue weighted by molar-refractivity contribution is -0.112. The number of tetrazole rings is 1. The first-order valence-electron chi connectivity index (χ1n) is 10.7. The van der Waals surface area contributed by atoms with Crippen LogP contribution in [0.3, 0.4) is 0 Å². The highest BCUT2D eigenvalue weighted by molar-refractivity contribution is 6.48. The molecule has 0 unspecified atom stereocenters. The lowest BCUT2D eigenvalue weighted by Crippen LogP contribution is -2.33. The third kappa shape index (κ3) is 4.22. The number of benzene rings is 2. The quantitative estimate of drug-likeness (QED) is 0.310. The Labute approximate surface area is 188 Å². The van der Waals surface area contributed by atoms with Crippen LogP contribution in [-0.2, 0) is 4.79 Å². The second-order valence-electron chi connectivity index (χ2n) is 7.94. The van der Waals surface area contributed by atoms with Crippen molar-refractivity contribution in [3.05, 3.63) is 66.1 Å². The molecule has 0 saturated heterocycles. The summed E-state index contributed by atoms with van der Waals surface area (Å²) in [6, 6.07) is 14.0. The Hall–Kier alpha value is -4.34. The maximum Gasteiger partial charge on any atom is 0.296 e. The van der Waals surface area contributed by atoms with Gasteiger partial charge in [-0.1, -0.05) is 31.0 Å². The minimum absolute atomic E-state index is 0.00334. The molecule has 2 aromatic heterocycles. The molecular weight excluding hydrogens is 422 g/mol. The summed E-state index contributed by atoms with van der Waals surface area (Å²) in [5, 5.41) is 18.1. The van der Waals surface area contributed by atoms with E-state index in [-0.39, 0.29) is 17.8 Å². The van der Waals surface area contributed by atoms with Crippen molar-refractivity contribution in [1.29, 1.82) is 0 Å². The number of aromatic nitrogens is 5. The summed E-state index contributed by atoms with van der Waals surface area (Å²) in [4.78, 5) is 41.6. The minimum Gasteiger partial charge on any atom is -0.360 e. The van der Waals surface area contributed by atoms with Gasteiger partial charge in [-0.05, 0) is 48.4 Å². The maximum absolute atomic E-state index is 12.6. The van der Waals surface area contributed by atoms with Crippen LogP contribution in [-0.4, -0.2) is 48.8 Å². The predicted molar refractivity (Wildman–Crippen MR) is 120 cm³/mol. The van der Waals surface area contributed by atoms with Crippen LogP contribution in [0.5, 0.6) is 0 Å². The van der Waals surface area contributed by atoms with Crippen LogP contribution in [0, 0.1) is 0 Å². The number of amides is 2. The molecule has 0 spiro atoms. The highest BCUT2D eigenvalue weighted by atomic mass is 16.2. The number of hydrogen-bond acceptors (Lipinski definition) is 6. The molecule has 0 atom stereocenters. The van der Waals surface area contributed by atoms with E-state index in [1.807, 2.05) is 18.2 Å². The molecule has 5 rings (SSSR count). The van der Waals surface area contributed by atoms with Crippen molar-refractivity contribution >= 4 is 34.2 Å². The topological polar surface area (TPSA) is 135 Å². The Morgan fingerprint density at radius 1 is 1.00 bits per heavy atom. The van der Waals surface area contributed by atoms with Gasteiger partial charge in [-0.2, -0.15) is 0 Å². The Balaban J connectivity index is 1.24. The zero-order valence-electron chi connectivity index (χ0n) is 17.6. The van der Waals surface area contributed by atoms with Crippen molar-refractivity contribution < 1.29 is 14.4 Å². The first-order chi connectivity index (χ1) is 16.1. The van der Waals surface area contributed by atoms with E-state index in [9.17, 15) is 14.4 Å². The Morgan fingerprint density at radius 2 is 1.76 bits per heavy atom. The molecule has 1 fully saturated rings. The molecule has 166 valence electrons. The minimum atomic E-state index is -0.739. The van der Waals surface area contributed by atoms with Crippen molar-refractivity contribution in [3.8, 4) is 5.69 Å². The second-order valence-corrected chi connectivity index (χ2v) is 7.94. The monoisotopic (exact) mass is 443 g/mol. The van der Waals surface area contributed by atoms with E-state index in [4.69, 9.17) is 0 Å². The molecule has 0 radical (unpaired) electrons. The molecule has 0 bridgehead atoms. The summed E-state index contributed by atoms with van der Waals surface area (Å²) < 4.78 is 0. The Kier molecular flexibility index (Phi) is 5.39. The van der Waals surface area contributed by atoms with Gasteiger partial charge in [-0.25, -0.2) is 0 Å². The van der Waals surface area contributed by atoms with E-state index in [2.05, 4.69) is 31.0 Å². The number of aromatic amines is 1. The van der Waals surface area contributed by atoms with Gasteiger partial charge in [-0.15, -0.1) is 15.0 Å². The molecule has 3 N–H and O–H groups in total. The van der Waals surface area contributed by atoms with Gasteiger partial charge in [0.1, 0.15) is 0 Å². The third-order valence-electron chi connectivity index (χ3n) is 5.70. The number of carbonyl (C=O) groups is 3. The second kappa shape index (κ2) is 8.65. The third-order valence-corrected chi connectivity index (χ3v) is 5.70. The number of anilines is 1. The lowest BCUT2D eigenvalue weighted by Gasteiger charge is -2.08. The molecule has 2 amide bonds. The molecule has 1 aliphatic rings.